The standard InChI is InChI=1S/C56H80N2O4S2/c1-13-53(5,6)41-33-35-47(43(39-41)55(9,10)15-3)61-37-25-17-19-31-51(59)57-45-27-21-23-29-49(45)63-64-50-30-24-22-28-46(50)58-52(60)32-20-18-26-38-62-48-36-34-42(54(7,8)14-2)40-44(48)56(11,12)16-4/h21-24,27-30,33-36,39-40H,13-20,25-26,31-32,37-38H2,1-12H3,(H,57,59)(H,58,60). The van der Waals surface area contributed by atoms with Crippen LogP contribution in [0.15, 0.2) is 94.7 Å². The van der Waals surface area contributed by atoms with Crippen LogP contribution in [-0.2, 0) is 31.2 Å². The Bertz CT molecular complexity index is 1960. The molecule has 0 aliphatic heterocycles. The van der Waals surface area contributed by atoms with Gasteiger partial charge in [-0.2, -0.15) is 0 Å². The van der Waals surface area contributed by atoms with E-state index >= 15 is 0 Å². The molecule has 0 radical (unpaired) electrons. The van der Waals surface area contributed by atoms with Crippen molar-refractivity contribution in [3.63, 3.8) is 0 Å². The third-order valence-corrected chi connectivity index (χ3v) is 16.2. The number of carbonyl (C=O) groups excluding carboxylic acids is 2. The minimum atomic E-state index is 0.00897. The molecular weight excluding hydrogens is 829 g/mol. The SMILES string of the molecule is CCC(C)(C)c1ccc(OCCCCCC(=O)Nc2ccccc2SSc2ccccc2NC(=O)CCCCCOc2ccc(C(C)(C)CC)cc2C(C)(C)CC)c(C(C)(C)CC)c1. The molecule has 2 N–H and O–H groups in total. The highest BCUT2D eigenvalue weighted by Crippen LogP contribution is 2.44. The van der Waals surface area contributed by atoms with E-state index in [1.165, 1.54) is 22.3 Å². The molecule has 0 atom stereocenters. The van der Waals surface area contributed by atoms with E-state index in [2.05, 4.69) is 130 Å². The van der Waals surface area contributed by atoms with Gasteiger partial charge >= 0.3 is 0 Å². The largest absolute Gasteiger partial charge is 0.493 e. The van der Waals surface area contributed by atoms with Crippen LogP contribution in [0.3, 0.4) is 0 Å². The Kier molecular flexibility index (Phi) is 20.3. The third kappa shape index (κ3) is 15.4. The number of benzene rings is 4. The maximum Gasteiger partial charge on any atom is 0.224 e. The molecular formula is C56H80N2O4S2. The van der Waals surface area contributed by atoms with Crippen molar-refractivity contribution in [2.24, 2.45) is 0 Å². The molecule has 0 spiro atoms. The van der Waals surface area contributed by atoms with E-state index in [1.807, 2.05) is 48.5 Å². The average Bonchev–Trinajstić information content (AvgIpc) is 3.28. The van der Waals surface area contributed by atoms with Gasteiger partial charge in [-0.1, -0.05) is 153 Å². The molecule has 0 saturated carbocycles. The minimum Gasteiger partial charge on any atom is -0.493 e. The van der Waals surface area contributed by atoms with Crippen LogP contribution in [-0.4, -0.2) is 25.0 Å². The molecule has 0 fully saturated rings. The molecule has 6 nitrogen and oxygen atoms in total. The lowest BCUT2D eigenvalue weighted by Crippen LogP contribution is -2.21. The van der Waals surface area contributed by atoms with E-state index in [9.17, 15) is 9.59 Å². The Morgan fingerprint density at radius 3 is 1.19 bits per heavy atom. The first-order valence-corrected chi connectivity index (χ1v) is 26.2. The molecule has 4 aromatic rings. The summed E-state index contributed by atoms with van der Waals surface area (Å²) in [7, 11) is 3.15. The van der Waals surface area contributed by atoms with E-state index in [1.54, 1.807) is 21.6 Å². The smallest absolute Gasteiger partial charge is 0.224 e. The average molecular weight is 909 g/mol. The molecule has 4 aromatic carbocycles. The van der Waals surface area contributed by atoms with Crippen molar-refractivity contribution in [3.8, 4) is 11.5 Å². The highest BCUT2D eigenvalue weighted by atomic mass is 33.1. The Morgan fingerprint density at radius 2 is 0.828 bits per heavy atom. The van der Waals surface area contributed by atoms with E-state index in [0.29, 0.717) is 26.1 Å². The van der Waals surface area contributed by atoms with Crippen LogP contribution in [0.25, 0.3) is 0 Å². The normalized spacial score (nSPS) is 12.2. The second-order valence-electron chi connectivity index (χ2n) is 19.9. The van der Waals surface area contributed by atoms with Crippen LogP contribution in [0.1, 0.15) is 182 Å². The zero-order valence-corrected chi connectivity index (χ0v) is 43.1. The fourth-order valence-electron chi connectivity index (χ4n) is 7.29. The number of carbonyl (C=O) groups is 2. The lowest BCUT2D eigenvalue weighted by Gasteiger charge is -2.30. The molecule has 0 saturated heterocycles. The van der Waals surface area contributed by atoms with Gasteiger partial charge in [0, 0.05) is 33.8 Å². The Hall–Kier alpha value is -3.88. The first kappa shape index (κ1) is 52.7. The van der Waals surface area contributed by atoms with Gasteiger partial charge in [0.15, 0.2) is 0 Å². The molecule has 64 heavy (non-hydrogen) atoms. The predicted molar refractivity (Wildman–Crippen MR) is 276 cm³/mol. The monoisotopic (exact) mass is 909 g/mol. The number of nitrogens with one attached hydrogen (secondary N) is 2. The lowest BCUT2D eigenvalue weighted by atomic mass is 9.76. The van der Waals surface area contributed by atoms with Gasteiger partial charge in [0.05, 0.1) is 24.6 Å². The molecule has 4 rings (SSSR count). The fraction of sp³-hybridized carbons (Fsp3) is 0.536. The van der Waals surface area contributed by atoms with Crippen molar-refractivity contribution in [1.29, 1.82) is 0 Å². The number of para-hydroxylation sites is 2. The van der Waals surface area contributed by atoms with Crippen LogP contribution >= 0.6 is 21.6 Å². The quantitative estimate of drug-likeness (QED) is 0.0458. The van der Waals surface area contributed by atoms with Crippen LogP contribution in [0.4, 0.5) is 11.4 Å². The van der Waals surface area contributed by atoms with Crippen molar-refractivity contribution < 1.29 is 19.1 Å². The molecule has 350 valence electrons. The Balaban J connectivity index is 1.20. The molecule has 0 heterocycles. The maximum atomic E-state index is 13.1. The van der Waals surface area contributed by atoms with Gasteiger partial charge in [0.2, 0.25) is 11.8 Å². The topological polar surface area (TPSA) is 76.7 Å². The van der Waals surface area contributed by atoms with E-state index in [-0.39, 0.29) is 33.5 Å². The number of hydrogen-bond acceptors (Lipinski definition) is 6. The number of rotatable bonds is 27. The van der Waals surface area contributed by atoms with Gasteiger partial charge in [0.25, 0.3) is 0 Å². The van der Waals surface area contributed by atoms with Gasteiger partial charge < -0.3 is 20.1 Å². The summed E-state index contributed by atoms with van der Waals surface area (Å²) in [5.74, 6) is 1.97. The zero-order valence-electron chi connectivity index (χ0n) is 41.4. The van der Waals surface area contributed by atoms with E-state index in [0.717, 1.165) is 96.9 Å². The first-order valence-electron chi connectivity index (χ1n) is 24.0. The highest BCUT2D eigenvalue weighted by molar-refractivity contribution is 8.76. The highest BCUT2D eigenvalue weighted by Gasteiger charge is 2.28. The summed E-state index contributed by atoms with van der Waals surface area (Å²) in [5, 5.41) is 6.30. The number of unbranched alkanes of at least 4 members (excludes halogenated alkanes) is 4. The molecule has 0 aliphatic carbocycles. The molecule has 0 unspecified atom stereocenters. The third-order valence-electron chi connectivity index (χ3n) is 13.7. The fourth-order valence-corrected chi connectivity index (χ4v) is 9.57. The van der Waals surface area contributed by atoms with Crippen LogP contribution in [0.2, 0.25) is 0 Å². The van der Waals surface area contributed by atoms with Crippen molar-refractivity contribution in [1.82, 2.24) is 0 Å². The summed E-state index contributed by atoms with van der Waals surface area (Å²) < 4.78 is 12.7. The van der Waals surface area contributed by atoms with Gasteiger partial charge in [-0.05, 0) is 133 Å². The molecule has 0 aliphatic rings. The van der Waals surface area contributed by atoms with Crippen molar-refractivity contribution >= 4 is 44.8 Å². The number of anilines is 2. The van der Waals surface area contributed by atoms with Crippen molar-refractivity contribution in [3.05, 3.63) is 107 Å². The molecule has 8 heteroatoms. The van der Waals surface area contributed by atoms with E-state index in [4.69, 9.17) is 9.47 Å². The summed E-state index contributed by atoms with van der Waals surface area (Å²) in [6.07, 6.45) is 10.3. The summed E-state index contributed by atoms with van der Waals surface area (Å²) in [5.41, 5.74) is 7.14. The second-order valence-corrected chi connectivity index (χ2v) is 22.2. The summed E-state index contributed by atoms with van der Waals surface area (Å²) in [4.78, 5) is 28.1. The summed E-state index contributed by atoms with van der Waals surface area (Å²) in [6.45, 7) is 28.6. The molecule has 0 aromatic heterocycles. The van der Waals surface area contributed by atoms with Gasteiger partial charge in [-0.25, -0.2) is 0 Å². The molecule has 2 amide bonds. The Labute approximate surface area is 396 Å². The lowest BCUT2D eigenvalue weighted by molar-refractivity contribution is -0.117. The number of hydrogen-bond donors (Lipinski definition) is 2. The second kappa shape index (κ2) is 24.6. The van der Waals surface area contributed by atoms with Gasteiger partial charge in [-0.3, -0.25) is 9.59 Å². The van der Waals surface area contributed by atoms with Gasteiger partial charge in [-0.15, -0.1) is 0 Å². The number of ether oxygens (including phenoxy) is 2. The van der Waals surface area contributed by atoms with Crippen LogP contribution < -0.4 is 20.1 Å². The van der Waals surface area contributed by atoms with Crippen molar-refractivity contribution in [2.45, 2.75) is 192 Å². The summed E-state index contributed by atoms with van der Waals surface area (Å²) in [6, 6.07) is 29.3. The van der Waals surface area contributed by atoms with E-state index < -0.39 is 0 Å². The predicted octanol–water partition coefficient (Wildman–Crippen LogP) is 16.4. The van der Waals surface area contributed by atoms with Crippen LogP contribution in [0.5, 0.6) is 11.5 Å². The zero-order chi connectivity index (χ0) is 47.0. The maximum absolute atomic E-state index is 13.1. The van der Waals surface area contributed by atoms with Gasteiger partial charge in [0.1, 0.15) is 11.5 Å². The first-order chi connectivity index (χ1) is 30.4. The Morgan fingerprint density at radius 1 is 0.469 bits per heavy atom. The van der Waals surface area contributed by atoms with Crippen LogP contribution in [0, 0.1) is 0 Å². The van der Waals surface area contributed by atoms with Crippen molar-refractivity contribution in [2.75, 3.05) is 23.8 Å². The molecule has 0 bridgehead atoms. The minimum absolute atomic E-state index is 0.00897. The summed E-state index contributed by atoms with van der Waals surface area (Å²) >= 11 is 0. The number of amides is 2.